The van der Waals surface area contributed by atoms with Gasteiger partial charge in [0.15, 0.2) is 22.4 Å². The van der Waals surface area contributed by atoms with Gasteiger partial charge in [0.1, 0.15) is 12.1 Å². The highest BCUT2D eigenvalue weighted by Gasteiger charge is 2.46. The second kappa shape index (κ2) is 10.4. The van der Waals surface area contributed by atoms with E-state index in [0.29, 0.717) is 6.42 Å². The molecule has 2 N–H and O–H groups in total. The maximum absolute atomic E-state index is 14.2. The maximum atomic E-state index is 14.2. The molecule has 4 amide bonds. The van der Waals surface area contributed by atoms with Gasteiger partial charge in [-0.3, -0.25) is 9.59 Å². The van der Waals surface area contributed by atoms with Crippen LogP contribution < -0.4 is 15.4 Å². The summed E-state index contributed by atoms with van der Waals surface area (Å²) >= 11 is 1.03. The molecule has 0 radical (unpaired) electrons. The number of aromatic nitrogens is 1. The Hall–Kier alpha value is -3.54. The van der Waals surface area contributed by atoms with Crippen LogP contribution in [0.4, 0.5) is 14.3 Å². The highest BCUT2D eigenvalue weighted by atomic mass is 32.1. The van der Waals surface area contributed by atoms with Gasteiger partial charge in [0.05, 0.1) is 14.2 Å². The zero-order valence-electron chi connectivity index (χ0n) is 19.2. The van der Waals surface area contributed by atoms with Gasteiger partial charge in [-0.2, -0.15) is 0 Å². The van der Waals surface area contributed by atoms with E-state index in [1.807, 2.05) is 0 Å². The summed E-state index contributed by atoms with van der Waals surface area (Å²) in [5.74, 6) is -2.37. The number of hydrogen-bond acceptors (Lipinski definition) is 8. The van der Waals surface area contributed by atoms with Gasteiger partial charge in [-0.05, 0) is 30.0 Å². The van der Waals surface area contributed by atoms with Crippen molar-refractivity contribution in [3.05, 3.63) is 40.7 Å². The molecule has 186 valence electrons. The van der Waals surface area contributed by atoms with Crippen molar-refractivity contribution in [2.45, 2.75) is 44.2 Å². The highest BCUT2D eigenvalue weighted by molar-refractivity contribution is 7.14. The molecule has 2 aliphatic rings. The third-order valence-electron chi connectivity index (χ3n) is 6.25. The van der Waals surface area contributed by atoms with Gasteiger partial charge >= 0.3 is 12.0 Å². The molecule has 2 aromatic rings. The summed E-state index contributed by atoms with van der Waals surface area (Å²) in [6.45, 7) is 0. The second-order valence-corrected chi connectivity index (χ2v) is 9.26. The van der Waals surface area contributed by atoms with Crippen LogP contribution in [0.25, 0.3) is 0 Å². The molecule has 0 bridgehead atoms. The molecule has 12 heteroatoms. The van der Waals surface area contributed by atoms with E-state index in [9.17, 15) is 23.6 Å². The Labute approximate surface area is 204 Å². The molecule has 1 aromatic carbocycles. The fourth-order valence-electron chi connectivity index (χ4n) is 4.49. The third kappa shape index (κ3) is 5.11. The average Bonchev–Trinajstić information content (AvgIpc) is 3.58. The summed E-state index contributed by atoms with van der Waals surface area (Å²) in [5.41, 5.74) is 0.281. The van der Waals surface area contributed by atoms with Gasteiger partial charge < -0.3 is 20.1 Å². The number of benzene rings is 1. The molecule has 0 spiro atoms. The number of methoxy groups -OCH3 is 2. The smallest absolute Gasteiger partial charge is 0.357 e. The van der Waals surface area contributed by atoms with Crippen LogP contribution in [0.15, 0.2) is 23.6 Å². The Balaban J connectivity index is 1.57. The molecule has 1 aliphatic heterocycles. The first-order chi connectivity index (χ1) is 16.8. The number of imide groups is 1. The molecule has 2 atom stereocenters. The van der Waals surface area contributed by atoms with Crippen LogP contribution in [0, 0.1) is 11.7 Å². The van der Waals surface area contributed by atoms with E-state index in [-0.39, 0.29) is 28.1 Å². The number of thiazole rings is 1. The van der Waals surface area contributed by atoms with Crippen molar-refractivity contribution in [3.63, 3.8) is 0 Å². The fourth-order valence-corrected chi connectivity index (χ4v) is 5.17. The number of halogens is 1. The number of nitrogens with zero attached hydrogens (tertiary/aromatic N) is 2. The quantitative estimate of drug-likeness (QED) is 0.417. The van der Waals surface area contributed by atoms with Crippen molar-refractivity contribution in [3.8, 4) is 5.75 Å². The van der Waals surface area contributed by atoms with Crippen molar-refractivity contribution in [1.82, 2.24) is 15.2 Å². The largest absolute Gasteiger partial charge is 0.494 e. The van der Waals surface area contributed by atoms with Gasteiger partial charge in [-0.1, -0.05) is 31.7 Å². The molecule has 1 aliphatic carbocycles. The molecular weight excluding hydrogens is 479 g/mol. The number of ether oxygens (including phenoxy) is 2. The summed E-state index contributed by atoms with van der Waals surface area (Å²) < 4.78 is 23.8. The van der Waals surface area contributed by atoms with Crippen molar-refractivity contribution < 1.29 is 33.0 Å². The number of rotatable bonds is 8. The first-order valence-electron chi connectivity index (χ1n) is 11.1. The van der Waals surface area contributed by atoms with Crippen LogP contribution in [0.1, 0.15) is 54.2 Å². The predicted molar refractivity (Wildman–Crippen MR) is 124 cm³/mol. The second-order valence-electron chi connectivity index (χ2n) is 8.41. The molecule has 35 heavy (non-hydrogen) atoms. The number of hydrogen-bond donors (Lipinski definition) is 2. The number of amides is 4. The van der Waals surface area contributed by atoms with Crippen LogP contribution in [-0.2, 0) is 14.3 Å². The van der Waals surface area contributed by atoms with E-state index in [0.717, 1.165) is 48.0 Å². The van der Waals surface area contributed by atoms with Gasteiger partial charge in [-0.15, -0.1) is 11.3 Å². The highest BCUT2D eigenvalue weighted by Crippen LogP contribution is 2.33. The SMILES string of the molecule is COC(=O)c1csc(NC(=O)[C@H](CC2CCCC2)N2C(=O)NC(c3ccc(OC)c(F)c3)C2=O)n1. The van der Waals surface area contributed by atoms with E-state index in [1.165, 1.54) is 31.7 Å². The van der Waals surface area contributed by atoms with E-state index < -0.39 is 41.7 Å². The van der Waals surface area contributed by atoms with Crippen LogP contribution in [-0.4, -0.2) is 54.0 Å². The zero-order valence-corrected chi connectivity index (χ0v) is 20.0. The number of urea groups is 1. The summed E-state index contributed by atoms with van der Waals surface area (Å²) in [4.78, 5) is 56.2. The van der Waals surface area contributed by atoms with Crippen LogP contribution in [0.2, 0.25) is 0 Å². The van der Waals surface area contributed by atoms with Crippen LogP contribution in [0.3, 0.4) is 0 Å². The Morgan fingerprint density at radius 2 is 2.03 bits per heavy atom. The summed E-state index contributed by atoms with van der Waals surface area (Å²) in [7, 11) is 2.55. The molecule has 1 aromatic heterocycles. The maximum Gasteiger partial charge on any atom is 0.357 e. The van der Waals surface area contributed by atoms with Crippen LogP contribution >= 0.6 is 11.3 Å². The van der Waals surface area contributed by atoms with Gasteiger partial charge in [0, 0.05) is 5.38 Å². The molecule has 1 saturated heterocycles. The predicted octanol–water partition coefficient (Wildman–Crippen LogP) is 3.26. The molecule has 4 rings (SSSR count). The first kappa shape index (κ1) is 24.6. The van der Waals surface area contributed by atoms with E-state index in [4.69, 9.17) is 4.74 Å². The number of anilines is 1. The molecule has 10 nitrogen and oxygen atoms in total. The van der Waals surface area contributed by atoms with Gasteiger partial charge in [-0.25, -0.2) is 23.9 Å². The number of esters is 1. The summed E-state index contributed by atoms with van der Waals surface area (Å²) in [5, 5.41) is 6.77. The van der Waals surface area contributed by atoms with E-state index >= 15 is 0 Å². The van der Waals surface area contributed by atoms with E-state index in [1.54, 1.807) is 0 Å². The normalized spacial score (nSPS) is 18.9. The summed E-state index contributed by atoms with van der Waals surface area (Å²) in [6.07, 6.45) is 4.11. The monoisotopic (exact) mass is 504 g/mol. The average molecular weight is 505 g/mol. The molecular formula is C23H25FN4O6S. The lowest BCUT2D eigenvalue weighted by atomic mass is 9.96. The Morgan fingerprint density at radius 3 is 2.69 bits per heavy atom. The van der Waals surface area contributed by atoms with Gasteiger partial charge in [0.2, 0.25) is 5.91 Å². The van der Waals surface area contributed by atoms with Crippen molar-refractivity contribution in [1.29, 1.82) is 0 Å². The Bertz CT molecular complexity index is 1150. The minimum absolute atomic E-state index is 0.00985. The van der Waals surface area contributed by atoms with Crippen molar-refractivity contribution >= 4 is 40.3 Å². The number of nitrogens with one attached hydrogen (secondary N) is 2. The van der Waals surface area contributed by atoms with Crippen molar-refractivity contribution in [2.75, 3.05) is 19.5 Å². The Kier molecular flexibility index (Phi) is 7.29. The van der Waals surface area contributed by atoms with Crippen molar-refractivity contribution in [2.24, 2.45) is 5.92 Å². The molecule has 2 fully saturated rings. The minimum Gasteiger partial charge on any atom is -0.494 e. The van der Waals surface area contributed by atoms with Gasteiger partial charge in [0.25, 0.3) is 5.91 Å². The minimum atomic E-state index is -1.13. The molecule has 1 saturated carbocycles. The lowest BCUT2D eigenvalue weighted by Crippen LogP contribution is -2.48. The first-order valence-corrected chi connectivity index (χ1v) is 12.0. The number of carbonyl (C=O) groups excluding carboxylic acids is 4. The standard InChI is InChI=1S/C23H25FN4O6S/c1-33-17-8-7-13(10-14(17)24)18-20(30)28(23(32)26-18)16(9-12-5-3-4-6-12)19(29)27-22-25-15(11-35-22)21(31)34-2/h7-8,10-12,16,18H,3-6,9H2,1-2H3,(H,26,32)(H,25,27,29)/t16-,18?/m0/s1. The zero-order chi connectivity index (χ0) is 25.1. The Morgan fingerprint density at radius 1 is 1.29 bits per heavy atom. The lowest BCUT2D eigenvalue weighted by Gasteiger charge is -2.26. The van der Waals surface area contributed by atoms with E-state index in [2.05, 4.69) is 20.4 Å². The lowest BCUT2D eigenvalue weighted by molar-refractivity contribution is -0.134. The molecule has 1 unspecified atom stereocenters. The third-order valence-corrected chi connectivity index (χ3v) is 7.01. The number of carbonyl (C=O) groups is 4. The van der Waals surface area contributed by atoms with Crippen LogP contribution in [0.5, 0.6) is 5.75 Å². The topological polar surface area (TPSA) is 127 Å². The fraction of sp³-hybridized carbons (Fsp3) is 0.435. The summed E-state index contributed by atoms with van der Waals surface area (Å²) in [6, 6.07) is 1.03. The molecule has 2 heterocycles.